The Balaban J connectivity index is 2.31. The molecule has 0 aromatic carbocycles. The molecule has 0 atom stereocenters. The highest BCUT2D eigenvalue weighted by molar-refractivity contribution is 6.17. The minimum Gasteiger partial charge on any atom is -0.360 e. The van der Waals surface area contributed by atoms with E-state index in [2.05, 4.69) is 15.0 Å². The lowest BCUT2D eigenvalue weighted by atomic mass is 10.3. The zero-order valence-corrected chi connectivity index (χ0v) is 8.33. The summed E-state index contributed by atoms with van der Waals surface area (Å²) in [5.41, 5.74) is 1.91. The van der Waals surface area contributed by atoms with E-state index in [9.17, 15) is 0 Å². The highest BCUT2D eigenvalue weighted by Crippen LogP contribution is 2.13. The summed E-state index contributed by atoms with van der Waals surface area (Å²) in [5.74, 6) is 1.33. The van der Waals surface area contributed by atoms with Gasteiger partial charge in [0.1, 0.15) is 5.82 Å². The van der Waals surface area contributed by atoms with Crippen molar-refractivity contribution in [1.82, 2.24) is 15.0 Å². The summed E-state index contributed by atoms with van der Waals surface area (Å²) in [6.45, 7) is 0. The van der Waals surface area contributed by atoms with Gasteiger partial charge in [0.2, 0.25) is 0 Å². The molecule has 3 nitrogen and oxygen atoms in total. The van der Waals surface area contributed by atoms with Gasteiger partial charge in [-0.2, -0.15) is 0 Å². The number of halogens is 1. The Kier molecular flexibility index (Phi) is 2.79. The molecule has 0 fully saturated rings. The van der Waals surface area contributed by atoms with Gasteiger partial charge in [-0.15, -0.1) is 11.6 Å². The number of aryl methyl sites for hydroxylation is 1. The molecule has 0 unspecified atom stereocenters. The second kappa shape index (κ2) is 4.24. The molecule has 0 aliphatic rings. The Bertz CT molecular complexity index is 398. The fourth-order valence-electron chi connectivity index (χ4n) is 1.24. The Hall–Kier alpha value is -1.35. The topological polar surface area (TPSA) is 41.6 Å². The summed E-state index contributed by atoms with van der Waals surface area (Å²) in [7, 11) is 0. The highest BCUT2D eigenvalue weighted by Gasteiger charge is 2.01. The maximum absolute atomic E-state index is 5.63. The Morgan fingerprint density at radius 2 is 2.29 bits per heavy atom. The van der Waals surface area contributed by atoms with E-state index in [1.807, 2.05) is 24.4 Å². The zero-order valence-electron chi connectivity index (χ0n) is 7.57. The molecule has 2 rings (SSSR count). The van der Waals surface area contributed by atoms with Gasteiger partial charge in [-0.3, -0.25) is 0 Å². The third-order valence-electron chi connectivity index (χ3n) is 1.90. The molecule has 2 aromatic rings. The van der Waals surface area contributed by atoms with Crippen LogP contribution in [0.5, 0.6) is 0 Å². The quantitative estimate of drug-likeness (QED) is 0.785. The molecule has 0 aliphatic heterocycles. The number of aromatic amines is 1. The van der Waals surface area contributed by atoms with Crippen LogP contribution in [0.1, 0.15) is 5.82 Å². The number of nitrogens with one attached hydrogen (secondary N) is 1. The molecule has 0 spiro atoms. The maximum Gasteiger partial charge on any atom is 0.130 e. The minimum atomic E-state index is 0.550. The molecule has 1 N–H and O–H groups in total. The van der Waals surface area contributed by atoms with Gasteiger partial charge in [-0.05, 0) is 18.2 Å². The summed E-state index contributed by atoms with van der Waals surface area (Å²) >= 11 is 5.63. The minimum absolute atomic E-state index is 0.550. The predicted molar refractivity (Wildman–Crippen MR) is 56.2 cm³/mol. The molecule has 0 aliphatic carbocycles. The molecular weight excluding hydrogens is 198 g/mol. The highest BCUT2D eigenvalue weighted by atomic mass is 35.5. The normalized spacial score (nSPS) is 10.4. The molecule has 72 valence electrons. The van der Waals surface area contributed by atoms with Crippen LogP contribution in [0.15, 0.2) is 30.6 Å². The first-order valence-corrected chi connectivity index (χ1v) is 4.95. The van der Waals surface area contributed by atoms with E-state index in [4.69, 9.17) is 11.6 Å². The van der Waals surface area contributed by atoms with Gasteiger partial charge in [0.05, 0.1) is 11.4 Å². The van der Waals surface area contributed by atoms with Crippen LogP contribution < -0.4 is 0 Å². The van der Waals surface area contributed by atoms with Crippen molar-refractivity contribution in [3.63, 3.8) is 0 Å². The summed E-state index contributed by atoms with van der Waals surface area (Å²) in [5, 5.41) is 0. The SMILES string of the molecule is ClCCc1nccc(-c2ccc[nH]2)n1. The van der Waals surface area contributed by atoms with E-state index in [1.54, 1.807) is 6.20 Å². The molecule has 0 amide bonds. The first-order chi connectivity index (χ1) is 6.90. The van der Waals surface area contributed by atoms with Crippen LogP contribution in [0, 0.1) is 0 Å². The Morgan fingerprint density at radius 3 is 3.00 bits per heavy atom. The van der Waals surface area contributed by atoms with Crippen molar-refractivity contribution in [2.24, 2.45) is 0 Å². The van der Waals surface area contributed by atoms with Crippen molar-refractivity contribution >= 4 is 11.6 Å². The van der Waals surface area contributed by atoms with E-state index in [1.165, 1.54) is 0 Å². The lowest BCUT2D eigenvalue weighted by molar-refractivity contribution is 0.946. The maximum atomic E-state index is 5.63. The van der Waals surface area contributed by atoms with E-state index in [-0.39, 0.29) is 0 Å². The molecule has 0 radical (unpaired) electrons. The van der Waals surface area contributed by atoms with Crippen molar-refractivity contribution in [1.29, 1.82) is 0 Å². The molecule has 4 heteroatoms. The van der Waals surface area contributed by atoms with Crippen LogP contribution >= 0.6 is 11.6 Å². The third-order valence-corrected chi connectivity index (χ3v) is 2.09. The molecule has 0 saturated carbocycles. The summed E-state index contributed by atoms with van der Waals surface area (Å²) in [6, 6.07) is 5.80. The molecular formula is C10H10ClN3. The van der Waals surface area contributed by atoms with Crippen LogP contribution in [-0.2, 0) is 6.42 Å². The first kappa shape index (κ1) is 9.21. The van der Waals surface area contributed by atoms with Crippen LogP contribution in [0.25, 0.3) is 11.4 Å². The van der Waals surface area contributed by atoms with Gasteiger partial charge in [-0.25, -0.2) is 9.97 Å². The number of hydrogen-bond acceptors (Lipinski definition) is 2. The van der Waals surface area contributed by atoms with Gasteiger partial charge in [0, 0.05) is 24.7 Å². The average molecular weight is 208 g/mol. The van der Waals surface area contributed by atoms with Crippen LogP contribution in [-0.4, -0.2) is 20.8 Å². The predicted octanol–water partition coefficient (Wildman–Crippen LogP) is 2.25. The summed E-state index contributed by atoms with van der Waals surface area (Å²) in [4.78, 5) is 11.6. The van der Waals surface area contributed by atoms with Crippen LogP contribution in [0.4, 0.5) is 0 Å². The van der Waals surface area contributed by atoms with Crippen molar-refractivity contribution in [2.45, 2.75) is 6.42 Å². The van der Waals surface area contributed by atoms with Crippen molar-refractivity contribution in [2.75, 3.05) is 5.88 Å². The van der Waals surface area contributed by atoms with Gasteiger partial charge in [-0.1, -0.05) is 0 Å². The number of aromatic nitrogens is 3. The van der Waals surface area contributed by atoms with Crippen molar-refractivity contribution in [3.8, 4) is 11.4 Å². The second-order valence-corrected chi connectivity index (χ2v) is 3.26. The molecule has 0 saturated heterocycles. The fourth-order valence-corrected chi connectivity index (χ4v) is 1.41. The standard InChI is InChI=1S/C10H10ClN3/c11-5-3-10-13-7-4-9(14-10)8-2-1-6-12-8/h1-2,4,6-7,12H,3,5H2. The third kappa shape index (κ3) is 1.93. The van der Waals surface area contributed by atoms with Gasteiger partial charge < -0.3 is 4.98 Å². The number of nitrogens with zero attached hydrogens (tertiary/aromatic N) is 2. The lowest BCUT2D eigenvalue weighted by Crippen LogP contribution is -1.96. The number of alkyl halides is 1. The van der Waals surface area contributed by atoms with E-state index >= 15 is 0 Å². The summed E-state index contributed by atoms with van der Waals surface area (Å²) < 4.78 is 0. The van der Waals surface area contributed by atoms with E-state index < -0.39 is 0 Å². The average Bonchev–Trinajstić information content (AvgIpc) is 2.71. The van der Waals surface area contributed by atoms with E-state index in [0.717, 1.165) is 17.2 Å². The smallest absolute Gasteiger partial charge is 0.130 e. The second-order valence-electron chi connectivity index (χ2n) is 2.88. The van der Waals surface area contributed by atoms with Crippen LogP contribution in [0.3, 0.4) is 0 Å². The molecule has 2 aromatic heterocycles. The zero-order chi connectivity index (χ0) is 9.80. The lowest BCUT2D eigenvalue weighted by Gasteiger charge is -1.99. The Labute approximate surface area is 87.2 Å². The fraction of sp³-hybridized carbons (Fsp3) is 0.200. The van der Waals surface area contributed by atoms with Gasteiger partial charge in [0.25, 0.3) is 0 Å². The molecule has 14 heavy (non-hydrogen) atoms. The van der Waals surface area contributed by atoms with Crippen molar-refractivity contribution in [3.05, 3.63) is 36.4 Å². The molecule has 2 heterocycles. The van der Waals surface area contributed by atoms with Gasteiger partial charge >= 0.3 is 0 Å². The van der Waals surface area contributed by atoms with Crippen molar-refractivity contribution < 1.29 is 0 Å². The summed E-state index contributed by atoms with van der Waals surface area (Å²) in [6.07, 6.45) is 4.33. The van der Waals surface area contributed by atoms with Gasteiger partial charge in [0.15, 0.2) is 0 Å². The molecule has 0 bridgehead atoms. The monoisotopic (exact) mass is 207 g/mol. The first-order valence-electron chi connectivity index (χ1n) is 4.42. The van der Waals surface area contributed by atoms with Crippen LogP contribution in [0.2, 0.25) is 0 Å². The number of rotatable bonds is 3. The number of H-pyrrole nitrogens is 1. The largest absolute Gasteiger partial charge is 0.360 e. The number of hydrogen-bond donors (Lipinski definition) is 1. The Morgan fingerprint density at radius 1 is 1.36 bits per heavy atom. The van der Waals surface area contributed by atoms with E-state index in [0.29, 0.717) is 12.3 Å².